The van der Waals surface area contributed by atoms with Crippen molar-refractivity contribution in [1.82, 2.24) is 10.2 Å². The number of hydrogen-bond acceptors (Lipinski definition) is 5. The molecule has 19 heavy (non-hydrogen) atoms. The molecule has 0 aromatic heterocycles. The highest BCUT2D eigenvalue weighted by Gasteiger charge is 2.33. The van der Waals surface area contributed by atoms with Crippen molar-refractivity contribution in [3.8, 4) is 0 Å². The van der Waals surface area contributed by atoms with Gasteiger partial charge in [0.1, 0.15) is 0 Å². The molecule has 1 aliphatic rings. The van der Waals surface area contributed by atoms with E-state index < -0.39 is 0 Å². The van der Waals surface area contributed by atoms with Crippen LogP contribution in [0.2, 0.25) is 0 Å². The number of likely N-dealkylation sites (tertiary alicyclic amines) is 1. The smallest absolute Gasteiger partial charge is 0.225 e. The number of hydrogen-bond donors (Lipinski definition) is 2. The van der Waals surface area contributed by atoms with Gasteiger partial charge in [0.2, 0.25) is 11.8 Å². The van der Waals surface area contributed by atoms with Crippen molar-refractivity contribution in [2.75, 3.05) is 53.2 Å². The summed E-state index contributed by atoms with van der Waals surface area (Å²) < 4.78 is 9.95. The molecule has 1 heterocycles. The molecule has 0 aromatic carbocycles. The van der Waals surface area contributed by atoms with E-state index in [1.807, 2.05) is 0 Å². The van der Waals surface area contributed by atoms with E-state index in [4.69, 9.17) is 14.6 Å². The monoisotopic (exact) mass is 274 g/mol. The Bertz CT molecular complexity index is 298. The van der Waals surface area contributed by atoms with Crippen molar-refractivity contribution < 1.29 is 24.2 Å². The minimum atomic E-state index is -0.290. The van der Waals surface area contributed by atoms with E-state index in [2.05, 4.69) is 5.32 Å². The van der Waals surface area contributed by atoms with Crippen LogP contribution in [0.1, 0.15) is 6.42 Å². The normalized spacial score (nSPS) is 18.9. The van der Waals surface area contributed by atoms with Crippen LogP contribution in [0, 0.1) is 5.92 Å². The molecule has 1 unspecified atom stereocenters. The molecule has 7 nitrogen and oxygen atoms in total. The predicted molar refractivity (Wildman–Crippen MR) is 67.5 cm³/mol. The first-order valence-corrected chi connectivity index (χ1v) is 6.42. The van der Waals surface area contributed by atoms with Gasteiger partial charge in [0.15, 0.2) is 0 Å². The molecule has 0 bridgehead atoms. The molecule has 2 N–H and O–H groups in total. The Morgan fingerprint density at radius 1 is 1.47 bits per heavy atom. The molecule has 1 rings (SSSR count). The quantitative estimate of drug-likeness (QED) is 0.505. The third-order valence-corrected chi connectivity index (χ3v) is 2.93. The minimum absolute atomic E-state index is 0.00581. The molecule has 1 fully saturated rings. The third kappa shape index (κ3) is 5.54. The zero-order valence-corrected chi connectivity index (χ0v) is 11.3. The number of carbonyl (C=O) groups is 2. The van der Waals surface area contributed by atoms with Gasteiger partial charge in [-0.05, 0) is 0 Å². The summed E-state index contributed by atoms with van der Waals surface area (Å²) in [6.45, 7) is 2.45. The summed E-state index contributed by atoms with van der Waals surface area (Å²) in [6, 6.07) is 0. The van der Waals surface area contributed by atoms with Gasteiger partial charge in [-0.3, -0.25) is 9.59 Å². The lowest BCUT2D eigenvalue weighted by Crippen LogP contribution is -2.35. The lowest BCUT2D eigenvalue weighted by Gasteiger charge is -2.15. The number of nitrogens with zero attached hydrogens (tertiary/aromatic N) is 1. The standard InChI is InChI=1S/C12H22N2O5/c1-18-6-3-14-9-10(8-11(14)16)12(17)13-2-5-19-7-4-15/h10,15H,2-9H2,1H3,(H,13,17). The second kappa shape index (κ2) is 8.84. The van der Waals surface area contributed by atoms with E-state index in [9.17, 15) is 9.59 Å². The van der Waals surface area contributed by atoms with Gasteiger partial charge in [0.05, 0.1) is 32.3 Å². The van der Waals surface area contributed by atoms with Crippen LogP contribution in [-0.4, -0.2) is 75.0 Å². The molecule has 0 aromatic rings. The van der Waals surface area contributed by atoms with Gasteiger partial charge < -0.3 is 24.8 Å². The fourth-order valence-electron chi connectivity index (χ4n) is 1.92. The Morgan fingerprint density at radius 3 is 2.95 bits per heavy atom. The Hall–Kier alpha value is -1.18. The summed E-state index contributed by atoms with van der Waals surface area (Å²) in [7, 11) is 1.58. The molecule has 7 heteroatoms. The van der Waals surface area contributed by atoms with Crippen molar-refractivity contribution in [3.63, 3.8) is 0 Å². The largest absolute Gasteiger partial charge is 0.394 e. The Morgan fingerprint density at radius 2 is 2.26 bits per heavy atom. The number of aliphatic hydroxyl groups excluding tert-OH is 1. The maximum Gasteiger partial charge on any atom is 0.225 e. The Balaban J connectivity index is 2.21. The third-order valence-electron chi connectivity index (χ3n) is 2.93. The van der Waals surface area contributed by atoms with Gasteiger partial charge >= 0.3 is 0 Å². The summed E-state index contributed by atoms with van der Waals surface area (Å²) in [5.74, 6) is -0.420. The molecule has 0 aliphatic carbocycles. The number of carbonyl (C=O) groups excluding carboxylic acids is 2. The Kier molecular flexibility index (Phi) is 7.39. The maximum absolute atomic E-state index is 11.8. The van der Waals surface area contributed by atoms with E-state index in [0.29, 0.717) is 32.8 Å². The molecule has 1 saturated heterocycles. The summed E-state index contributed by atoms with van der Waals surface area (Å²) in [5.41, 5.74) is 0. The molecular weight excluding hydrogens is 252 g/mol. The SMILES string of the molecule is COCCN1CC(C(=O)NCCOCCO)CC1=O. The first-order chi connectivity index (χ1) is 9.19. The number of methoxy groups -OCH3 is 1. The van der Waals surface area contributed by atoms with Crippen LogP contribution in [0.3, 0.4) is 0 Å². The second-order valence-corrected chi connectivity index (χ2v) is 4.36. The van der Waals surface area contributed by atoms with Crippen LogP contribution in [0.4, 0.5) is 0 Å². The predicted octanol–water partition coefficient (Wildman–Crippen LogP) is -1.39. The lowest BCUT2D eigenvalue weighted by atomic mass is 10.1. The molecule has 1 aliphatic heterocycles. The highest BCUT2D eigenvalue weighted by Crippen LogP contribution is 2.17. The van der Waals surface area contributed by atoms with Crippen molar-refractivity contribution in [2.45, 2.75) is 6.42 Å². The molecule has 110 valence electrons. The van der Waals surface area contributed by atoms with Gasteiger partial charge in [-0.1, -0.05) is 0 Å². The zero-order valence-electron chi connectivity index (χ0n) is 11.3. The van der Waals surface area contributed by atoms with E-state index in [1.165, 1.54) is 0 Å². The molecule has 0 spiro atoms. The van der Waals surface area contributed by atoms with Gasteiger partial charge in [-0.15, -0.1) is 0 Å². The zero-order chi connectivity index (χ0) is 14.1. The lowest BCUT2D eigenvalue weighted by molar-refractivity contribution is -0.129. The average molecular weight is 274 g/mol. The second-order valence-electron chi connectivity index (χ2n) is 4.36. The number of nitrogens with one attached hydrogen (secondary N) is 1. The van der Waals surface area contributed by atoms with E-state index in [1.54, 1.807) is 12.0 Å². The number of aliphatic hydroxyl groups is 1. The first kappa shape index (κ1) is 15.9. The fourth-order valence-corrected chi connectivity index (χ4v) is 1.92. The van der Waals surface area contributed by atoms with Crippen LogP contribution < -0.4 is 5.32 Å². The molecule has 0 radical (unpaired) electrons. The van der Waals surface area contributed by atoms with E-state index >= 15 is 0 Å². The number of ether oxygens (including phenoxy) is 2. The fraction of sp³-hybridized carbons (Fsp3) is 0.833. The molecule has 1 atom stereocenters. The van der Waals surface area contributed by atoms with Crippen LogP contribution >= 0.6 is 0 Å². The van der Waals surface area contributed by atoms with Gasteiger partial charge in [-0.2, -0.15) is 0 Å². The first-order valence-electron chi connectivity index (χ1n) is 6.42. The summed E-state index contributed by atoms with van der Waals surface area (Å²) in [5, 5.41) is 11.2. The summed E-state index contributed by atoms with van der Waals surface area (Å²) >= 11 is 0. The van der Waals surface area contributed by atoms with Crippen molar-refractivity contribution in [2.24, 2.45) is 5.92 Å². The van der Waals surface area contributed by atoms with Gasteiger partial charge in [0, 0.05) is 33.2 Å². The van der Waals surface area contributed by atoms with Crippen LogP contribution in [0.15, 0.2) is 0 Å². The van der Waals surface area contributed by atoms with Crippen molar-refractivity contribution in [3.05, 3.63) is 0 Å². The topological polar surface area (TPSA) is 88.1 Å². The maximum atomic E-state index is 11.8. The highest BCUT2D eigenvalue weighted by molar-refractivity contribution is 5.89. The van der Waals surface area contributed by atoms with Gasteiger partial charge in [-0.25, -0.2) is 0 Å². The Labute approximate surface area is 112 Å². The summed E-state index contributed by atoms with van der Waals surface area (Å²) in [4.78, 5) is 25.1. The minimum Gasteiger partial charge on any atom is -0.394 e. The van der Waals surface area contributed by atoms with Gasteiger partial charge in [0.25, 0.3) is 0 Å². The summed E-state index contributed by atoms with van der Waals surface area (Å²) in [6.07, 6.45) is 0.257. The molecule has 2 amide bonds. The van der Waals surface area contributed by atoms with Crippen LogP contribution in [0.5, 0.6) is 0 Å². The molecular formula is C12H22N2O5. The number of rotatable bonds is 9. The molecule has 0 saturated carbocycles. The highest BCUT2D eigenvalue weighted by atomic mass is 16.5. The van der Waals surface area contributed by atoms with E-state index in [0.717, 1.165) is 0 Å². The van der Waals surface area contributed by atoms with E-state index in [-0.39, 0.29) is 37.4 Å². The van der Waals surface area contributed by atoms with Crippen LogP contribution in [-0.2, 0) is 19.1 Å². The van der Waals surface area contributed by atoms with Crippen molar-refractivity contribution >= 4 is 11.8 Å². The number of amides is 2. The van der Waals surface area contributed by atoms with Crippen LogP contribution in [0.25, 0.3) is 0 Å². The van der Waals surface area contributed by atoms with Crippen molar-refractivity contribution in [1.29, 1.82) is 0 Å². The average Bonchev–Trinajstić information content (AvgIpc) is 2.77.